The zero-order chi connectivity index (χ0) is 20.6. The number of halogens is 1. The molecule has 3 rings (SSSR count). The van der Waals surface area contributed by atoms with Crippen LogP contribution in [-0.2, 0) is 11.2 Å². The second-order valence-corrected chi connectivity index (χ2v) is 7.00. The molecule has 0 unspecified atom stereocenters. The number of carbonyl (C=O) groups excluding carboxylic acids is 1. The van der Waals surface area contributed by atoms with E-state index in [9.17, 15) is 19.1 Å². The highest BCUT2D eigenvalue weighted by Crippen LogP contribution is 2.18. The minimum Gasteiger partial charge on any atom is -0.493 e. The number of benzene rings is 2. The van der Waals surface area contributed by atoms with Crippen LogP contribution < -0.4 is 10.9 Å². The summed E-state index contributed by atoms with van der Waals surface area (Å²) in [6, 6.07) is 14.9. The molecule has 1 amide bonds. The lowest BCUT2D eigenvalue weighted by Crippen LogP contribution is -2.17. The molecule has 0 saturated carbocycles. The Balaban J connectivity index is 1.58. The summed E-state index contributed by atoms with van der Waals surface area (Å²) in [4.78, 5) is 30.7. The van der Waals surface area contributed by atoms with Crippen molar-refractivity contribution in [3.8, 4) is 5.88 Å². The Hall–Kier alpha value is -3.39. The first-order chi connectivity index (χ1) is 14.0. The maximum absolute atomic E-state index is 12.9. The number of amides is 1. The van der Waals surface area contributed by atoms with Crippen LogP contribution in [-0.4, -0.2) is 26.7 Å². The van der Waals surface area contributed by atoms with Crippen LogP contribution in [0, 0.1) is 5.82 Å². The zero-order valence-electron chi connectivity index (χ0n) is 15.3. The van der Waals surface area contributed by atoms with Crippen LogP contribution in [0.3, 0.4) is 0 Å². The van der Waals surface area contributed by atoms with Crippen molar-refractivity contribution in [1.29, 1.82) is 0 Å². The third-order valence-corrected chi connectivity index (χ3v) is 4.75. The van der Waals surface area contributed by atoms with Gasteiger partial charge in [-0.15, -0.1) is 0 Å². The van der Waals surface area contributed by atoms with Gasteiger partial charge in [0.05, 0.1) is 11.3 Å². The van der Waals surface area contributed by atoms with Gasteiger partial charge in [0.2, 0.25) is 11.8 Å². The van der Waals surface area contributed by atoms with Crippen LogP contribution in [0.5, 0.6) is 5.88 Å². The molecule has 0 aliphatic heterocycles. The van der Waals surface area contributed by atoms with Gasteiger partial charge in [-0.05, 0) is 29.8 Å². The SMILES string of the molecule is O=C(CSc1nc(O)c(CC=Cc2ccccc2)c(=O)[nH]1)Nc1ccc(F)cc1. The number of aromatic hydroxyl groups is 1. The van der Waals surface area contributed by atoms with E-state index in [0.717, 1.165) is 17.3 Å². The van der Waals surface area contributed by atoms with Crippen molar-refractivity contribution in [2.45, 2.75) is 11.6 Å². The number of nitrogens with one attached hydrogen (secondary N) is 2. The molecule has 1 heterocycles. The molecular weight excluding hydrogens is 393 g/mol. The molecule has 0 atom stereocenters. The fourth-order valence-electron chi connectivity index (χ4n) is 2.46. The smallest absolute Gasteiger partial charge is 0.258 e. The van der Waals surface area contributed by atoms with Crippen LogP contribution in [0.15, 0.2) is 70.6 Å². The van der Waals surface area contributed by atoms with Crippen LogP contribution in [0.25, 0.3) is 6.08 Å². The van der Waals surface area contributed by atoms with Gasteiger partial charge in [0.1, 0.15) is 5.82 Å². The molecule has 2 aromatic carbocycles. The van der Waals surface area contributed by atoms with Crippen LogP contribution >= 0.6 is 11.8 Å². The molecule has 0 spiro atoms. The highest BCUT2D eigenvalue weighted by atomic mass is 32.2. The van der Waals surface area contributed by atoms with Crippen molar-refractivity contribution < 1.29 is 14.3 Å². The Morgan fingerprint density at radius 1 is 1.17 bits per heavy atom. The Bertz CT molecular complexity index is 1070. The normalized spacial score (nSPS) is 10.9. The molecule has 148 valence electrons. The van der Waals surface area contributed by atoms with Crippen LogP contribution in [0.2, 0.25) is 0 Å². The Morgan fingerprint density at radius 2 is 1.90 bits per heavy atom. The van der Waals surface area contributed by atoms with Crippen molar-refractivity contribution in [3.63, 3.8) is 0 Å². The lowest BCUT2D eigenvalue weighted by atomic mass is 10.1. The standard InChI is InChI=1S/C21H18FN3O3S/c22-15-9-11-16(12-10-15)23-18(26)13-29-21-24-19(27)17(20(28)25-21)8-4-7-14-5-2-1-3-6-14/h1-7,9-12H,8,13H2,(H,23,26)(H2,24,25,27,28). The average Bonchev–Trinajstić information content (AvgIpc) is 2.71. The van der Waals surface area contributed by atoms with E-state index in [-0.39, 0.29) is 34.7 Å². The van der Waals surface area contributed by atoms with Crippen molar-refractivity contribution in [3.05, 3.63) is 88.0 Å². The maximum atomic E-state index is 12.9. The third-order valence-electron chi connectivity index (χ3n) is 3.87. The molecule has 1 aromatic heterocycles. The number of aromatic amines is 1. The molecule has 8 heteroatoms. The summed E-state index contributed by atoms with van der Waals surface area (Å²) in [6.45, 7) is 0. The van der Waals surface area contributed by atoms with Crippen molar-refractivity contribution in [2.75, 3.05) is 11.1 Å². The lowest BCUT2D eigenvalue weighted by molar-refractivity contribution is -0.113. The summed E-state index contributed by atoms with van der Waals surface area (Å²) in [5.41, 5.74) is 1.13. The van der Waals surface area contributed by atoms with E-state index in [2.05, 4.69) is 15.3 Å². The Kier molecular flexibility index (Phi) is 6.80. The van der Waals surface area contributed by atoms with E-state index in [0.29, 0.717) is 5.69 Å². The molecule has 0 radical (unpaired) electrons. The molecule has 3 N–H and O–H groups in total. The molecule has 0 bridgehead atoms. The van der Waals surface area contributed by atoms with E-state index in [1.165, 1.54) is 24.3 Å². The summed E-state index contributed by atoms with van der Waals surface area (Å²) >= 11 is 0.978. The van der Waals surface area contributed by atoms with Crippen LogP contribution in [0.1, 0.15) is 11.1 Å². The largest absolute Gasteiger partial charge is 0.493 e. The molecule has 0 aliphatic rings. The number of hydrogen-bond acceptors (Lipinski definition) is 5. The predicted molar refractivity (Wildman–Crippen MR) is 111 cm³/mol. The number of hydrogen-bond donors (Lipinski definition) is 3. The van der Waals surface area contributed by atoms with Gasteiger partial charge in [-0.25, -0.2) is 4.39 Å². The average molecular weight is 411 g/mol. The van der Waals surface area contributed by atoms with E-state index in [1.54, 1.807) is 6.08 Å². The number of anilines is 1. The predicted octanol–water partition coefficient (Wildman–Crippen LogP) is 3.60. The molecule has 6 nitrogen and oxygen atoms in total. The Labute approximate surface area is 170 Å². The molecule has 0 aliphatic carbocycles. The van der Waals surface area contributed by atoms with E-state index in [4.69, 9.17) is 0 Å². The summed E-state index contributed by atoms with van der Waals surface area (Å²) in [5, 5.41) is 12.8. The van der Waals surface area contributed by atoms with Gasteiger partial charge in [0, 0.05) is 12.1 Å². The Morgan fingerprint density at radius 3 is 2.59 bits per heavy atom. The monoisotopic (exact) mass is 411 g/mol. The van der Waals surface area contributed by atoms with Gasteiger partial charge in [-0.1, -0.05) is 54.2 Å². The fraction of sp³-hybridized carbons (Fsp3) is 0.0952. The topological polar surface area (TPSA) is 95.1 Å². The number of rotatable bonds is 7. The summed E-state index contributed by atoms with van der Waals surface area (Å²) in [7, 11) is 0. The van der Waals surface area contributed by atoms with E-state index in [1.807, 2.05) is 36.4 Å². The van der Waals surface area contributed by atoms with Gasteiger partial charge >= 0.3 is 0 Å². The molecular formula is C21H18FN3O3S. The van der Waals surface area contributed by atoms with Gasteiger partial charge in [0.25, 0.3) is 5.56 Å². The van der Waals surface area contributed by atoms with Gasteiger partial charge < -0.3 is 15.4 Å². The first-order valence-corrected chi connectivity index (χ1v) is 9.72. The van der Waals surface area contributed by atoms with Crippen molar-refractivity contribution in [2.24, 2.45) is 0 Å². The lowest BCUT2D eigenvalue weighted by Gasteiger charge is -2.06. The summed E-state index contributed by atoms with van der Waals surface area (Å²) in [6.07, 6.45) is 3.84. The van der Waals surface area contributed by atoms with Crippen molar-refractivity contribution >= 4 is 29.4 Å². The second-order valence-electron chi connectivity index (χ2n) is 6.03. The minimum atomic E-state index is -0.461. The number of thioether (sulfide) groups is 1. The number of nitrogens with zero attached hydrogens (tertiary/aromatic N) is 1. The maximum Gasteiger partial charge on any atom is 0.258 e. The quantitative estimate of drug-likeness (QED) is 0.408. The first-order valence-electron chi connectivity index (χ1n) is 8.73. The molecule has 29 heavy (non-hydrogen) atoms. The highest BCUT2D eigenvalue weighted by molar-refractivity contribution is 7.99. The molecule has 0 saturated heterocycles. The van der Waals surface area contributed by atoms with E-state index >= 15 is 0 Å². The molecule has 0 fully saturated rings. The van der Waals surface area contributed by atoms with Gasteiger partial charge in [-0.2, -0.15) is 4.98 Å². The molecule has 3 aromatic rings. The third kappa shape index (κ3) is 6.05. The van der Waals surface area contributed by atoms with Crippen molar-refractivity contribution in [1.82, 2.24) is 9.97 Å². The summed E-state index contributed by atoms with van der Waals surface area (Å²) in [5.74, 6) is -1.15. The van der Waals surface area contributed by atoms with Gasteiger partial charge in [-0.3, -0.25) is 9.59 Å². The minimum absolute atomic E-state index is 0.0347. The van der Waals surface area contributed by atoms with E-state index < -0.39 is 11.4 Å². The highest BCUT2D eigenvalue weighted by Gasteiger charge is 2.11. The van der Waals surface area contributed by atoms with Gasteiger partial charge in [0.15, 0.2) is 5.16 Å². The number of carbonyl (C=O) groups is 1. The number of allylic oxidation sites excluding steroid dienone is 1. The zero-order valence-corrected chi connectivity index (χ0v) is 16.1. The first kappa shape index (κ1) is 20.3. The fourth-order valence-corrected chi connectivity index (χ4v) is 3.12. The number of aromatic nitrogens is 2. The number of H-pyrrole nitrogens is 1. The second kappa shape index (κ2) is 9.70. The van der Waals surface area contributed by atoms with Crippen LogP contribution in [0.4, 0.5) is 10.1 Å². The summed E-state index contributed by atoms with van der Waals surface area (Å²) < 4.78 is 12.9.